The molecule has 0 fully saturated rings. The first kappa shape index (κ1) is 13.0. The molecule has 1 aromatic carbocycles. The average Bonchev–Trinajstić information content (AvgIpc) is 3.25. The molecule has 2 aromatic heterocycles. The molecule has 1 unspecified atom stereocenters. The van der Waals surface area contributed by atoms with Gasteiger partial charge in [-0.15, -0.1) is 0 Å². The monoisotopic (exact) mass is 292 g/mol. The summed E-state index contributed by atoms with van der Waals surface area (Å²) < 4.78 is 7.29. The first-order valence-electron chi connectivity index (χ1n) is 7.38. The SMILES string of the molecule is O=C(c1ccoc1)N1CCn2cccc2C1c1ccccc1. The maximum absolute atomic E-state index is 12.8. The van der Waals surface area contributed by atoms with Crippen molar-refractivity contribution < 1.29 is 9.21 Å². The highest BCUT2D eigenvalue weighted by molar-refractivity contribution is 5.94. The summed E-state index contributed by atoms with van der Waals surface area (Å²) in [4.78, 5) is 14.8. The predicted molar refractivity (Wildman–Crippen MR) is 82.5 cm³/mol. The second-order valence-electron chi connectivity index (χ2n) is 5.45. The number of fused-ring (bicyclic) bond motifs is 1. The smallest absolute Gasteiger partial charge is 0.258 e. The van der Waals surface area contributed by atoms with Crippen molar-refractivity contribution in [2.24, 2.45) is 0 Å². The van der Waals surface area contributed by atoms with Gasteiger partial charge in [0, 0.05) is 25.0 Å². The first-order chi connectivity index (χ1) is 10.8. The molecule has 0 saturated carbocycles. The van der Waals surface area contributed by atoms with Crippen molar-refractivity contribution in [2.45, 2.75) is 12.6 Å². The average molecular weight is 292 g/mol. The van der Waals surface area contributed by atoms with Gasteiger partial charge in [0.05, 0.1) is 17.9 Å². The fourth-order valence-corrected chi connectivity index (χ4v) is 3.14. The Labute approximate surface area is 128 Å². The van der Waals surface area contributed by atoms with Gasteiger partial charge in [-0.2, -0.15) is 0 Å². The van der Waals surface area contributed by atoms with Crippen LogP contribution < -0.4 is 0 Å². The number of amides is 1. The van der Waals surface area contributed by atoms with Gasteiger partial charge in [-0.05, 0) is 23.8 Å². The number of furan rings is 1. The van der Waals surface area contributed by atoms with Gasteiger partial charge in [0.15, 0.2) is 0 Å². The van der Waals surface area contributed by atoms with E-state index in [9.17, 15) is 4.79 Å². The van der Waals surface area contributed by atoms with E-state index in [2.05, 4.69) is 29.0 Å². The second kappa shape index (κ2) is 5.22. The summed E-state index contributed by atoms with van der Waals surface area (Å²) in [6, 6.07) is 15.9. The molecule has 4 heteroatoms. The highest BCUT2D eigenvalue weighted by atomic mass is 16.3. The molecule has 0 bridgehead atoms. The lowest BCUT2D eigenvalue weighted by Gasteiger charge is -2.37. The topological polar surface area (TPSA) is 38.4 Å². The molecular formula is C18H16N2O2. The third-order valence-electron chi connectivity index (χ3n) is 4.18. The van der Waals surface area contributed by atoms with Gasteiger partial charge in [0.25, 0.3) is 5.91 Å². The Morgan fingerprint density at radius 2 is 1.91 bits per heavy atom. The van der Waals surface area contributed by atoms with Crippen LogP contribution in [-0.4, -0.2) is 21.9 Å². The van der Waals surface area contributed by atoms with Crippen molar-refractivity contribution in [1.82, 2.24) is 9.47 Å². The summed E-state index contributed by atoms with van der Waals surface area (Å²) in [6.45, 7) is 1.50. The highest BCUT2D eigenvalue weighted by Crippen LogP contribution is 2.33. The fourth-order valence-electron chi connectivity index (χ4n) is 3.14. The normalized spacial score (nSPS) is 17.3. The molecule has 22 heavy (non-hydrogen) atoms. The van der Waals surface area contributed by atoms with Gasteiger partial charge in [-0.1, -0.05) is 30.3 Å². The highest BCUT2D eigenvalue weighted by Gasteiger charge is 2.32. The van der Waals surface area contributed by atoms with Crippen molar-refractivity contribution >= 4 is 5.91 Å². The van der Waals surface area contributed by atoms with Crippen LogP contribution in [0.4, 0.5) is 0 Å². The van der Waals surface area contributed by atoms with E-state index in [1.807, 2.05) is 29.2 Å². The lowest BCUT2D eigenvalue weighted by Crippen LogP contribution is -2.42. The number of hydrogen-bond acceptors (Lipinski definition) is 2. The van der Waals surface area contributed by atoms with Crippen LogP contribution in [0.3, 0.4) is 0 Å². The van der Waals surface area contributed by atoms with Gasteiger partial charge < -0.3 is 13.9 Å². The van der Waals surface area contributed by atoms with Gasteiger partial charge in [-0.25, -0.2) is 0 Å². The summed E-state index contributed by atoms with van der Waals surface area (Å²) in [5.74, 6) is 0.00931. The van der Waals surface area contributed by atoms with Crippen LogP contribution in [0.2, 0.25) is 0 Å². The summed E-state index contributed by atoms with van der Waals surface area (Å²) >= 11 is 0. The minimum absolute atomic E-state index is 0.00931. The van der Waals surface area contributed by atoms with E-state index in [1.165, 1.54) is 12.5 Å². The number of benzene rings is 1. The Morgan fingerprint density at radius 3 is 2.68 bits per heavy atom. The third kappa shape index (κ3) is 2.04. The van der Waals surface area contributed by atoms with Gasteiger partial charge in [0.1, 0.15) is 6.26 Å². The number of rotatable bonds is 2. The summed E-state index contributed by atoms with van der Waals surface area (Å²) in [6.07, 6.45) is 5.13. The number of carbonyl (C=O) groups excluding carboxylic acids is 1. The quantitative estimate of drug-likeness (QED) is 0.726. The molecule has 0 radical (unpaired) electrons. The Kier molecular flexibility index (Phi) is 3.07. The van der Waals surface area contributed by atoms with Gasteiger partial charge in [0.2, 0.25) is 0 Å². The molecule has 110 valence electrons. The van der Waals surface area contributed by atoms with Gasteiger partial charge >= 0.3 is 0 Å². The zero-order valence-electron chi connectivity index (χ0n) is 12.1. The fraction of sp³-hybridized carbons (Fsp3) is 0.167. The molecule has 0 N–H and O–H groups in total. The molecule has 4 rings (SSSR count). The lowest BCUT2D eigenvalue weighted by molar-refractivity contribution is 0.0663. The lowest BCUT2D eigenvalue weighted by atomic mass is 9.99. The van der Waals surface area contributed by atoms with E-state index in [-0.39, 0.29) is 11.9 Å². The molecule has 0 aliphatic carbocycles. The molecule has 1 amide bonds. The number of aromatic nitrogens is 1. The summed E-state index contributed by atoms with van der Waals surface area (Å²) in [5.41, 5.74) is 2.87. The third-order valence-corrected chi connectivity index (χ3v) is 4.18. The van der Waals surface area contributed by atoms with Crippen LogP contribution in [0.5, 0.6) is 0 Å². The zero-order chi connectivity index (χ0) is 14.9. The van der Waals surface area contributed by atoms with Crippen LogP contribution in [0.15, 0.2) is 71.7 Å². The van der Waals surface area contributed by atoms with E-state index in [0.29, 0.717) is 12.1 Å². The van der Waals surface area contributed by atoms with Crippen molar-refractivity contribution in [3.05, 3.63) is 84.1 Å². The Bertz CT molecular complexity index is 775. The number of nitrogens with zero attached hydrogens (tertiary/aromatic N) is 2. The van der Waals surface area contributed by atoms with Crippen LogP contribution in [0, 0.1) is 0 Å². The van der Waals surface area contributed by atoms with Crippen molar-refractivity contribution in [1.29, 1.82) is 0 Å². The summed E-state index contributed by atoms with van der Waals surface area (Å²) in [5, 5.41) is 0. The molecule has 0 spiro atoms. The van der Waals surface area contributed by atoms with Crippen molar-refractivity contribution in [3.8, 4) is 0 Å². The molecule has 3 heterocycles. The minimum Gasteiger partial charge on any atom is -0.472 e. The molecule has 0 saturated heterocycles. The van der Waals surface area contributed by atoms with Crippen molar-refractivity contribution in [2.75, 3.05) is 6.54 Å². The first-order valence-corrected chi connectivity index (χ1v) is 7.38. The molecule has 3 aromatic rings. The Hall–Kier alpha value is -2.75. The van der Waals surface area contributed by atoms with E-state index >= 15 is 0 Å². The predicted octanol–water partition coefficient (Wildman–Crippen LogP) is 3.33. The van der Waals surface area contributed by atoms with Gasteiger partial charge in [-0.3, -0.25) is 4.79 Å². The standard InChI is InChI=1S/C18H16N2O2/c21-18(15-8-12-22-13-15)20-11-10-19-9-4-7-16(19)17(20)14-5-2-1-3-6-14/h1-9,12-13,17H,10-11H2. The van der Waals surface area contributed by atoms with E-state index < -0.39 is 0 Å². The van der Waals surface area contributed by atoms with E-state index in [1.54, 1.807) is 6.07 Å². The van der Waals surface area contributed by atoms with E-state index in [4.69, 9.17) is 4.42 Å². The molecule has 1 atom stereocenters. The maximum atomic E-state index is 12.8. The minimum atomic E-state index is -0.0626. The van der Waals surface area contributed by atoms with E-state index in [0.717, 1.165) is 17.8 Å². The van der Waals surface area contributed by atoms with Crippen LogP contribution in [0.1, 0.15) is 27.7 Å². The maximum Gasteiger partial charge on any atom is 0.258 e. The Morgan fingerprint density at radius 1 is 1.05 bits per heavy atom. The molecule has 4 nitrogen and oxygen atoms in total. The van der Waals surface area contributed by atoms with Crippen molar-refractivity contribution in [3.63, 3.8) is 0 Å². The van der Waals surface area contributed by atoms with Crippen LogP contribution >= 0.6 is 0 Å². The van der Waals surface area contributed by atoms with Crippen LogP contribution in [0.25, 0.3) is 0 Å². The summed E-state index contributed by atoms with van der Waals surface area (Å²) in [7, 11) is 0. The number of hydrogen-bond donors (Lipinski definition) is 0. The second-order valence-corrected chi connectivity index (χ2v) is 5.45. The van der Waals surface area contributed by atoms with Crippen LogP contribution in [-0.2, 0) is 6.54 Å². The molecule has 1 aliphatic rings. The zero-order valence-corrected chi connectivity index (χ0v) is 12.1. The molecular weight excluding hydrogens is 276 g/mol. The Balaban J connectivity index is 1.79. The number of carbonyl (C=O) groups is 1. The largest absolute Gasteiger partial charge is 0.472 e. The molecule has 1 aliphatic heterocycles.